The monoisotopic (exact) mass is 171 g/mol. The fourth-order valence-corrected chi connectivity index (χ4v) is 1.20. The van der Waals surface area contributed by atoms with E-state index >= 15 is 0 Å². The van der Waals surface area contributed by atoms with Gasteiger partial charge in [0, 0.05) is 0 Å². The van der Waals surface area contributed by atoms with Crippen LogP contribution in [0.1, 0.15) is 40.5 Å². The van der Waals surface area contributed by atoms with E-state index < -0.39 is 0 Å². The fraction of sp³-hybridized carbons (Fsp3) is 0.900. The van der Waals surface area contributed by atoms with Crippen molar-refractivity contribution in [2.75, 3.05) is 6.54 Å². The number of Topliss-reactive ketones (excluding diaryl/α,β-unsaturated/α-hetero) is 1. The number of nitrogens with one attached hydrogen (secondary N) is 1. The van der Waals surface area contributed by atoms with Crippen molar-refractivity contribution >= 4 is 5.78 Å². The third kappa shape index (κ3) is 5.30. The van der Waals surface area contributed by atoms with Crippen LogP contribution < -0.4 is 5.32 Å². The largest absolute Gasteiger partial charge is 0.308 e. The van der Waals surface area contributed by atoms with Crippen LogP contribution in [-0.2, 0) is 4.79 Å². The number of carbonyl (C=O) groups excluding carboxylic acids is 1. The third-order valence-electron chi connectivity index (χ3n) is 1.97. The molecule has 2 nitrogen and oxygen atoms in total. The minimum atomic E-state index is 0.0809. The highest BCUT2D eigenvalue weighted by atomic mass is 16.1. The Morgan fingerprint density at radius 2 is 1.92 bits per heavy atom. The summed E-state index contributed by atoms with van der Waals surface area (Å²) in [6, 6.07) is 0.0809. The Balaban J connectivity index is 3.71. The second-order valence-electron chi connectivity index (χ2n) is 3.69. The van der Waals surface area contributed by atoms with Crippen molar-refractivity contribution in [1.82, 2.24) is 5.32 Å². The molecular formula is C10H21NO. The zero-order valence-electron chi connectivity index (χ0n) is 8.68. The van der Waals surface area contributed by atoms with Gasteiger partial charge in [-0.25, -0.2) is 0 Å². The summed E-state index contributed by atoms with van der Waals surface area (Å²) in [5.74, 6) is 0.947. The van der Waals surface area contributed by atoms with Crippen molar-refractivity contribution < 1.29 is 4.79 Å². The molecule has 2 heteroatoms. The predicted molar refractivity (Wildman–Crippen MR) is 52.2 cm³/mol. The van der Waals surface area contributed by atoms with Crippen LogP contribution in [-0.4, -0.2) is 18.4 Å². The molecule has 1 atom stereocenters. The highest BCUT2D eigenvalue weighted by molar-refractivity contribution is 5.81. The van der Waals surface area contributed by atoms with Gasteiger partial charge in [0.1, 0.15) is 5.78 Å². The van der Waals surface area contributed by atoms with E-state index in [0.29, 0.717) is 5.92 Å². The van der Waals surface area contributed by atoms with Gasteiger partial charge in [-0.3, -0.25) is 4.79 Å². The molecular weight excluding hydrogens is 150 g/mol. The van der Waals surface area contributed by atoms with E-state index in [1.807, 2.05) is 6.92 Å². The lowest BCUT2D eigenvalue weighted by Crippen LogP contribution is -2.35. The van der Waals surface area contributed by atoms with Crippen LogP contribution >= 0.6 is 0 Å². The summed E-state index contributed by atoms with van der Waals surface area (Å²) in [5.41, 5.74) is 0. The molecule has 0 unspecified atom stereocenters. The van der Waals surface area contributed by atoms with Crippen molar-refractivity contribution in [2.45, 2.75) is 46.6 Å². The van der Waals surface area contributed by atoms with Gasteiger partial charge in [0.2, 0.25) is 0 Å². The van der Waals surface area contributed by atoms with Gasteiger partial charge in [-0.2, -0.15) is 0 Å². The van der Waals surface area contributed by atoms with Crippen LogP contribution in [0.5, 0.6) is 0 Å². The third-order valence-corrected chi connectivity index (χ3v) is 1.97. The number of hydrogen-bond donors (Lipinski definition) is 1. The first-order valence-corrected chi connectivity index (χ1v) is 4.81. The standard InChI is InChI=1S/C10H21NO/c1-5-11-10(9(4)12)7-6-8(2)3/h8,10-11H,5-7H2,1-4H3/t10-/m0/s1. The van der Waals surface area contributed by atoms with Gasteiger partial charge in [0.15, 0.2) is 0 Å². The molecule has 0 bridgehead atoms. The van der Waals surface area contributed by atoms with E-state index in [-0.39, 0.29) is 11.8 Å². The van der Waals surface area contributed by atoms with Crippen LogP contribution in [0.2, 0.25) is 0 Å². The molecule has 0 heterocycles. The van der Waals surface area contributed by atoms with Crippen molar-refractivity contribution in [3.63, 3.8) is 0 Å². The van der Waals surface area contributed by atoms with Crippen molar-refractivity contribution in [3.8, 4) is 0 Å². The quantitative estimate of drug-likeness (QED) is 0.662. The Bertz CT molecular complexity index is 132. The van der Waals surface area contributed by atoms with Crippen LogP contribution in [0, 0.1) is 5.92 Å². The number of hydrogen-bond acceptors (Lipinski definition) is 2. The minimum Gasteiger partial charge on any atom is -0.308 e. The molecule has 0 aliphatic rings. The molecule has 0 rings (SSSR count). The Kier molecular flexibility index (Phi) is 5.99. The maximum Gasteiger partial charge on any atom is 0.146 e. The van der Waals surface area contributed by atoms with Crippen LogP contribution in [0.15, 0.2) is 0 Å². The molecule has 0 aromatic rings. The van der Waals surface area contributed by atoms with Gasteiger partial charge >= 0.3 is 0 Å². The number of carbonyl (C=O) groups is 1. The average Bonchev–Trinajstić information content (AvgIpc) is 1.96. The maximum atomic E-state index is 11.1. The lowest BCUT2D eigenvalue weighted by molar-refractivity contribution is -0.119. The fourth-order valence-electron chi connectivity index (χ4n) is 1.20. The summed E-state index contributed by atoms with van der Waals surface area (Å²) < 4.78 is 0. The van der Waals surface area contributed by atoms with Gasteiger partial charge in [0.25, 0.3) is 0 Å². The highest BCUT2D eigenvalue weighted by Gasteiger charge is 2.12. The number of ketones is 1. The highest BCUT2D eigenvalue weighted by Crippen LogP contribution is 2.07. The summed E-state index contributed by atoms with van der Waals surface area (Å²) in [7, 11) is 0. The Labute approximate surface area is 75.7 Å². The SMILES string of the molecule is CCN[C@@H](CCC(C)C)C(C)=O. The lowest BCUT2D eigenvalue weighted by atomic mass is 10.0. The summed E-state index contributed by atoms with van der Waals surface area (Å²) in [6.45, 7) is 8.94. The molecule has 0 amide bonds. The molecule has 0 saturated heterocycles. The van der Waals surface area contributed by atoms with E-state index in [9.17, 15) is 4.79 Å². The molecule has 1 N–H and O–H groups in total. The van der Waals surface area contributed by atoms with E-state index in [4.69, 9.17) is 0 Å². The smallest absolute Gasteiger partial charge is 0.146 e. The topological polar surface area (TPSA) is 29.1 Å². The molecule has 0 aromatic carbocycles. The Morgan fingerprint density at radius 3 is 2.25 bits per heavy atom. The minimum absolute atomic E-state index is 0.0809. The first-order chi connectivity index (χ1) is 5.57. The summed E-state index contributed by atoms with van der Waals surface area (Å²) in [5, 5.41) is 3.19. The zero-order valence-corrected chi connectivity index (χ0v) is 8.68. The predicted octanol–water partition coefficient (Wildman–Crippen LogP) is 1.99. The number of likely N-dealkylation sites (N-methyl/N-ethyl adjacent to an activating group) is 1. The second-order valence-corrected chi connectivity index (χ2v) is 3.69. The summed E-state index contributed by atoms with van der Waals surface area (Å²) >= 11 is 0. The maximum absolute atomic E-state index is 11.1. The van der Waals surface area contributed by atoms with Gasteiger partial charge in [-0.15, -0.1) is 0 Å². The molecule has 72 valence electrons. The first-order valence-electron chi connectivity index (χ1n) is 4.81. The Hall–Kier alpha value is -0.370. The molecule has 0 fully saturated rings. The molecule has 0 saturated carbocycles. The molecule has 0 aliphatic heterocycles. The van der Waals surface area contributed by atoms with Crippen molar-refractivity contribution in [1.29, 1.82) is 0 Å². The van der Waals surface area contributed by atoms with E-state index in [2.05, 4.69) is 19.2 Å². The van der Waals surface area contributed by atoms with E-state index in [0.717, 1.165) is 19.4 Å². The van der Waals surface area contributed by atoms with Crippen LogP contribution in [0.25, 0.3) is 0 Å². The summed E-state index contributed by atoms with van der Waals surface area (Å²) in [6.07, 6.45) is 2.10. The summed E-state index contributed by atoms with van der Waals surface area (Å²) in [4.78, 5) is 11.1. The van der Waals surface area contributed by atoms with E-state index in [1.54, 1.807) is 6.92 Å². The van der Waals surface area contributed by atoms with Crippen LogP contribution in [0.4, 0.5) is 0 Å². The average molecular weight is 171 g/mol. The van der Waals surface area contributed by atoms with E-state index in [1.165, 1.54) is 0 Å². The number of rotatable bonds is 6. The molecule has 0 aliphatic carbocycles. The van der Waals surface area contributed by atoms with Crippen LogP contribution in [0.3, 0.4) is 0 Å². The molecule has 12 heavy (non-hydrogen) atoms. The molecule has 0 spiro atoms. The lowest BCUT2D eigenvalue weighted by Gasteiger charge is -2.15. The van der Waals surface area contributed by atoms with Gasteiger partial charge in [-0.05, 0) is 32.2 Å². The Morgan fingerprint density at radius 1 is 1.33 bits per heavy atom. The zero-order chi connectivity index (χ0) is 9.56. The van der Waals surface area contributed by atoms with Gasteiger partial charge in [-0.1, -0.05) is 20.8 Å². The van der Waals surface area contributed by atoms with Gasteiger partial charge in [0.05, 0.1) is 6.04 Å². The van der Waals surface area contributed by atoms with Crippen molar-refractivity contribution in [3.05, 3.63) is 0 Å². The molecule has 0 radical (unpaired) electrons. The van der Waals surface area contributed by atoms with Gasteiger partial charge < -0.3 is 5.32 Å². The van der Waals surface area contributed by atoms with Crippen molar-refractivity contribution in [2.24, 2.45) is 5.92 Å². The molecule has 0 aromatic heterocycles. The first kappa shape index (κ1) is 11.6. The normalized spacial score (nSPS) is 13.4. The second kappa shape index (κ2) is 6.18.